The SMILES string of the molecule is CC(C)CC(N)CNc1ccc(S(N)(=O)=O)cc1F. The molecular formula is C12H20FN3O2S. The predicted octanol–water partition coefficient (Wildman–Crippen LogP) is 1.26. The van der Waals surface area contributed by atoms with Gasteiger partial charge in [-0.05, 0) is 30.5 Å². The lowest BCUT2D eigenvalue weighted by molar-refractivity contribution is 0.507. The third kappa shape index (κ3) is 5.14. The fraction of sp³-hybridized carbons (Fsp3) is 0.500. The van der Waals surface area contributed by atoms with Gasteiger partial charge in [0.1, 0.15) is 5.82 Å². The van der Waals surface area contributed by atoms with Crippen molar-refractivity contribution in [2.24, 2.45) is 16.8 Å². The van der Waals surface area contributed by atoms with Gasteiger partial charge in [-0.2, -0.15) is 0 Å². The highest BCUT2D eigenvalue weighted by atomic mass is 32.2. The standard InChI is InChI=1S/C12H20FN3O2S/c1-8(2)5-9(14)7-16-12-4-3-10(6-11(12)13)19(15,17)18/h3-4,6,8-9,16H,5,7,14H2,1-2H3,(H2,15,17,18). The summed E-state index contributed by atoms with van der Waals surface area (Å²) < 4.78 is 35.8. The number of hydrogen-bond donors (Lipinski definition) is 3. The second kappa shape index (κ2) is 6.31. The zero-order chi connectivity index (χ0) is 14.6. The van der Waals surface area contributed by atoms with Crippen LogP contribution in [0.5, 0.6) is 0 Å². The monoisotopic (exact) mass is 289 g/mol. The van der Waals surface area contributed by atoms with Crippen molar-refractivity contribution in [3.8, 4) is 0 Å². The maximum Gasteiger partial charge on any atom is 0.238 e. The summed E-state index contributed by atoms with van der Waals surface area (Å²) in [6, 6.07) is 3.41. The molecule has 7 heteroatoms. The molecule has 1 unspecified atom stereocenters. The Labute approximate surface area is 113 Å². The van der Waals surface area contributed by atoms with E-state index in [0.29, 0.717) is 12.5 Å². The van der Waals surface area contributed by atoms with E-state index < -0.39 is 15.8 Å². The summed E-state index contributed by atoms with van der Waals surface area (Å²) in [5.74, 6) is -0.199. The van der Waals surface area contributed by atoms with Crippen LogP contribution < -0.4 is 16.2 Å². The van der Waals surface area contributed by atoms with Crippen molar-refractivity contribution in [2.75, 3.05) is 11.9 Å². The smallest absolute Gasteiger partial charge is 0.238 e. The maximum absolute atomic E-state index is 13.7. The topological polar surface area (TPSA) is 98.2 Å². The van der Waals surface area contributed by atoms with E-state index in [4.69, 9.17) is 10.9 Å². The van der Waals surface area contributed by atoms with Crippen molar-refractivity contribution < 1.29 is 12.8 Å². The third-order valence-corrected chi connectivity index (χ3v) is 3.51. The molecule has 0 aliphatic rings. The number of nitrogens with one attached hydrogen (secondary N) is 1. The number of anilines is 1. The molecule has 1 rings (SSSR count). The number of rotatable bonds is 6. The van der Waals surface area contributed by atoms with Crippen LogP contribution >= 0.6 is 0 Å². The Bertz CT molecular complexity index is 532. The fourth-order valence-corrected chi connectivity index (χ4v) is 2.27. The summed E-state index contributed by atoms with van der Waals surface area (Å²) >= 11 is 0. The lowest BCUT2D eigenvalue weighted by Gasteiger charge is -2.16. The average Bonchev–Trinajstić information content (AvgIpc) is 2.25. The van der Waals surface area contributed by atoms with Crippen molar-refractivity contribution in [1.29, 1.82) is 0 Å². The molecule has 0 aromatic heterocycles. The van der Waals surface area contributed by atoms with Gasteiger partial charge >= 0.3 is 0 Å². The first kappa shape index (κ1) is 15.9. The van der Waals surface area contributed by atoms with Gasteiger partial charge in [0, 0.05) is 12.6 Å². The van der Waals surface area contributed by atoms with E-state index in [-0.39, 0.29) is 16.6 Å². The first-order valence-electron chi connectivity index (χ1n) is 6.02. The van der Waals surface area contributed by atoms with E-state index in [2.05, 4.69) is 19.2 Å². The molecule has 5 nitrogen and oxygen atoms in total. The maximum atomic E-state index is 13.7. The van der Waals surface area contributed by atoms with E-state index >= 15 is 0 Å². The number of sulfonamides is 1. The first-order chi connectivity index (χ1) is 8.70. The van der Waals surface area contributed by atoms with Crippen LogP contribution in [0, 0.1) is 11.7 Å². The molecule has 0 heterocycles. The zero-order valence-corrected chi connectivity index (χ0v) is 11.9. The van der Waals surface area contributed by atoms with Crippen LogP contribution in [0.1, 0.15) is 20.3 Å². The van der Waals surface area contributed by atoms with Crippen molar-refractivity contribution in [1.82, 2.24) is 0 Å². The quantitative estimate of drug-likeness (QED) is 0.734. The number of nitrogens with two attached hydrogens (primary N) is 2. The minimum absolute atomic E-state index is 0.0858. The van der Waals surface area contributed by atoms with Gasteiger partial charge in [0.15, 0.2) is 0 Å². The van der Waals surface area contributed by atoms with Crippen LogP contribution in [-0.2, 0) is 10.0 Å². The minimum atomic E-state index is -3.88. The second-order valence-electron chi connectivity index (χ2n) is 4.96. The van der Waals surface area contributed by atoms with E-state index in [1.807, 2.05) is 0 Å². The normalized spacial score (nSPS) is 13.6. The molecule has 1 aromatic carbocycles. The minimum Gasteiger partial charge on any atom is -0.381 e. The molecule has 0 fully saturated rings. The number of halogens is 1. The van der Waals surface area contributed by atoms with Crippen molar-refractivity contribution in [3.63, 3.8) is 0 Å². The Hall–Kier alpha value is -1.18. The summed E-state index contributed by atoms with van der Waals surface area (Å²) in [7, 11) is -3.88. The highest BCUT2D eigenvalue weighted by Crippen LogP contribution is 2.18. The van der Waals surface area contributed by atoms with Gasteiger partial charge in [-0.1, -0.05) is 13.8 Å². The molecule has 0 aliphatic carbocycles. The van der Waals surface area contributed by atoms with Crippen LogP contribution in [0.15, 0.2) is 23.1 Å². The highest BCUT2D eigenvalue weighted by Gasteiger charge is 2.12. The van der Waals surface area contributed by atoms with Gasteiger partial charge in [0.2, 0.25) is 10.0 Å². The van der Waals surface area contributed by atoms with Crippen molar-refractivity contribution >= 4 is 15.7 Å². The van der Waals surface area contributed by atoms with Gasteiger partial charge in [0.25, 0.3) is 0 Å². The van der Waals surface area contributed by atoms with Gasteiger partial charge in [-0.15, -0.1) is 0 Å². The van der Waals surface area contributed by atoms with E-state index in [1.165, 1.54) is 12.1 Å². The molecule has 0 bridgehead atoms. The largest absolute Gasteiger partial charge is 0.381 e. The molecule has 1 aromatic rings. The van der Waals surface area contributed by atoms with Crippen LogP contribution in [0.2, 0.25) is 0 Å². The summed E-state index contributed by atoms with van der Waals surface area (Å²) in [5.41, 5.74) is 6.09. The first-order valence-corrected chi connectivity index (χ1v) is 7.56. The van der Waals surface area contributed by atoms with Gasteiger partial charge in [0.05, 0.1) is 10.6 Å². The lowest BCUT2D eigenvalue weighted by atomic mass is 10.0. The molecule has 1 atom stereocenters. The summed E-state index contributed by atoms with van der Waals surface area (Å²) in [6.45, 7) is 4.53. The van der Waals surface area contributed by atoms with Crippen LogP contribution in [-0.4, -0.2) is 21.0 Å². The van der Waals surface area contributed by atoms with E-state index in [1.54, 1.807) is 0 Å². The molecule has 0 spiro atoms. The average molecular weight is 289 g/mol. The molecule has 5 N–H and O–H groups in total. The molecule has 0 radical (unpaired) electrons. The van der Waals surface area contributed by atoms with Gasteiger partial charge < -0.3 is 11.1 Å². The van der Waals surface area contributed by atoms with Crippen molar-refractivity contribution in [2.45, 2.75) is 31.2 Å². The van der Waals surface area contributed by atoms with Crippen LogP contribution in [0.25, 0.3) is 0 Å². The fourth-order valence-electron chi connectivity index (χ4n) is 1.75. The van der Waals surface area contributed by atoms with Crippen molar-refractivity contribution in [3.05, 3.63) is 24.0 Å². The Balaban J connectivity index is 2.71. The highest BCUT2D eigenvalue weighted by molar-refractivity contribution is 7.89. The molecule has 0 aliphatic heterocycles. The Morgan fingerprint density at radius 2 is 2.00 bits per heavy atom. The Kier molecular flexibility index (Phi) is 5.28. The molecule has 0 amide bonds. The van der Waals surface area contributed by atoms with Crippen LogP contribution in [0.4, 0.5) is 10.1 Å². The van der Waals surface area contributed by atoms with Crippen LogP contribution in [0.3, 0.4) is 0 Å². The molecule has 0 saturated carbocycles. The Morgan fingerprint density at radius 3 is 2.47 bits per heavy atom. The zero-order valence-electron chi connectivity index (χ0n) is 11.1. The van der Waals surface area contributed by atoms with E-state index in [9.17, 15) is 12.8 Å². The number of hydrogen-bond acceptors (Lipinski definition) is 4. The third-order valence-electron chi connectivity index (χ3n) is 2.60. The van der Waals surface area contributed by atoms with E-state index in [0.717, 1.165) is 12.5 Å². The molecule has 19 heavy (non-hydrogen) atoms. The summed E-state index contributed by atoms with van der Waals surface area (Å²) in [4.78, 5) is -0.248. The summed E-state index contributed by atoms with van der Waals surface area (Å²) in [5, 5.41) is 7.78. The second-order valence-corrected chi connectivity index (χ2v) is 6.52. The molecule has 0 saturated heterocycles. The Morgan fingerprint density at radius 1 is 1.37 bits per heavy atom. The van der Waals surface area contributed by atoms with Gasteiger partial charge in [-0.25, -0.2) is 17.9 Å². The number of benzene rings is 1. The molecule has 108 valence electrons. The molecular weight excluding hydrogens is 269 g/mol. The number of primary sulfonamides is 1. The summed E-state index contributed by atoms with van der Waals surface area (Å²) in [6.07, 6.45) is 0.823. The van der Waals surface area contributed by atoms with Gasteiger partial charge in [-0.3, -0.25) is 0 Å². The predicted molar refractivity (Wildman–Crippen MR) is 73.7 cm³/mol. The lowest BCUT2D eigenvalue weighted by Crippen LogP contribution is -2.30.